The van der Waals surface area contributed by atoms with Crippen molar-refractivity contribution in [2.24, 2.45) is 0 Å². The SMILES string of the molecule is CCC(C1=CCOC1=O)c1ccccc1. The first-order valence-corrected chi connectivity index (χ1v) is 5.25. The Balaban J connectivity index is 2.29. The average molecular weight is 202 g/mol. The number of rotatable bonds is 3. The minimum Gasteiger partial charge on any atom is -0.458 e. The van der Waals surface area contributed by atoms with E-state index in [0.29, 0.717) is 6.61 Å². The maximum atomic E-state index is 11.5. The van der Waals surface area contributed by atoms with Crippen LogP contribution < -0.4 is 0 Å². The van der Waals surface area contributed by atoms with Crippen molar-refractivity contribution >= 4 is 5.97 Å². The second kappa shape index (κ2) is 4.30. The third-order valence-corrected chi connectivity index (χ3v) is 2.74. The van der Waals surface area contributed by atoms with Crippen LogP contribution in [0.5, 0.6) is 0 Å². The highest BCUT2D eigenvalue weighted by atomic mass is 16.5. The molecule has 2 nitrogen and oxygen atoms in total. The lowest BCUT2D eigenvalue weighted by molar-refractivity contribution is -0.136. The van der Waals surface area contributed by atoms with E-state index in [0.717, 1.165) is 12.0 Å². The van der Waals surface area contributed by atoms with Gasteiger partial charge < -0.3 is 4.74 Å². The van der Waals surface area contributed by atoms with Gasteiger partial charge in [0.15, 0.2) is 0 Å². The zero-order valence-corrected chi connectivity index (χ0v) is 8.77. The lowest BCUT2D eigenvalue weighted by Crippen LogP contribution is -2.08. The van der Waals surface area contributed by atoms with Crippen LogP contribution in [0.15, 0.2) is 42.0 Å². The van der Waals surface area contributed by atoms with Crippen LogP contribution in [-0.2, 0) is 9.53 Å². The molecule has 0 amide bonds. The summed E-state index contributed by atoms with van der Waals surface area (Å²) in [4.78, 5) is 11.5. The van der Waals surface area contributed by atoms with Crippen molar-refractivity contribution < 1.29 is 9.53 Å². The summed E-state index contributed by atoms with van der Waals surface area (Å²) in [5.41, 5.74) is 1.99. The molecular formula is C13H14O2. The Morgan fingerprint density at radius 2 is 2.07 bits per heavy atom. The van der Waals surface area contributed by atoms with Crippen molar-refractivity contribution in [1.29, 1.82) is 0 Å². The molecule has 0 spiro atoms. The fraction of sp³-hybridized carbons (Fsp3) is 0.308. The molecule has 1 aliphatic rings. The first-order chi connectivity index (χ1) is 7.33. The molecule has 15 heavy (non-hydrogen) atoms. The second-order valence-corrected chi connectivity index (χ2v) is 3.63. The van der Waals surface area contributed by atoms with Crippen LogP contribution in [0.1, 0.15) is 24.8 Å². The molecule has 1 atom stereocenters. The molecule has 0 fully saturated rings. The first-order valence-electron chi connectivity index (χ1n) is 5.25. The smallest absolute Gasteiger partial charge is 0.334 e. The molecule has 2 rings (SSSR count). The third-order valence-electron chi connectivity index (χ3n) is 2.74. The molecular weight excluding hydrogens is 188 g/mol. The first kappa shape index (κ1) is 9.97. The van der Waals surface area contributed by atoms with Gasteiger partial charge in [-0.25, -0.2) is 4.79 Å². The van der Waals surface area contributed by atoms with Crippen LogP contribution in [0.3, 0.4) is 0 Å². The van der Waals surface area contributed by atoms with Crippen LogP contribution in [0.2, 0.25) is 0 Å². The minimum atomic E-state index is -0.161. The topological polar surface area (TPSA) is 26.3 Å². The van der Waals surface area contributed by atoms with Crippen molar-refractivity contribution in [2.45, 2.75) is 19.3 Å². The lowest BCUT2D eigenvalue weighted by Gasteiger charge is -2.14. The Morgan fingerprint density at radius 1 is 1.33 bits per heavy atom. The summed E-state index contributed by atoms with van der Waals surface area (Å²) < 4.78 is 4.94. The largest absolute Gasteiger partial charge is 0.458 e. The van der Waals surface area contributed by atoms with Gasteiger partial charge in [-0.15, -0.1) is 0 Å². The number of esters is 1. The van der Waals surface area contributed by atoms with Crippen LogP contribution in [0.25, 0.3) is 0 Å². The van der Waals surface area contributed by atoms with Crippen LogP contribution in [0.4, 0.5) is 0 Å². The van der Waals surface area contributed by atoms with E-state index in [4.69, 9.17) is 4.74 Å². The van der Waals surface area contributed by atoms with Gasteiger partial charge in [0.05, 0.1) is 0 Å². The van der Waals surface area contributed by atoms with Crippen LogP contribution in [-0.4, -0.2) is 12.6 Å². The Kier molecular flexibility index (Phi) is 2.86. The molecule has 1 aliphatic heterocycles. The van der Waals surface area contributed by atoms with Crippen molar-refractivity contribution in [3.8, 4) is 0 Å². The van der Waals surface area contributed by atoms with Crippen LogP contribution >= 0.6 is 0 Å². The van der Waals surface area contributed by atoms with E-state index in [9.17, 15) is 4.79 Å². The molecule has 0 saturated heterocycles. The van der Waals surface area contributed by atoms with E-state index in [1.54, 1.807) is 0 Å². The van der Waals surface area contributed by atoms with E-state index in [-0.39, 0.29) is 11.9 Å². The fourth-order valence-corrected chi connectivity index (χ4v) is 1.98. The molecule has 0 radical (unpaired) electrons. The summed E-state index contributed by atoms with van der Waals surface area (Å²) in [6, 6.07) is 10.1. The average Bonchev–Trinajstić information content (AvgIpc) is 2.68. The summed E-state index contributed by atoms with van der Waals surface area (Å²) in [6.07, 6.45) is 2.81. The zero-order valence-electron chi connectivity index (χ0n) is 8.77. The molecule has 1 aromatic rings. The molecule has 1 unspecified atom stereocenters. The summed E-state index contributed by atoms with van der Waals surface area (Å²) in [5, 5.41) is 0. The van der Waals surface area contributed by atoms with Gasteiger partial charge in [-0.1, -0.05) is 37.3 Å². The van der Waals surface area contributed by atoms with E-state index < -0.39 is 0 Å². The molecule has 1 aromatic carbocycles. The number of cyclic esters (lactones) is 1. The number of hydrogen-bond acceptors (Lipinski definition) is 2. The van der Waals surface area contributed by atoms with Gasteiger partial charge in [0, 0.05) is 11.5 Å². The molecule has 78 valence electrons. The number of ether oxygens (including phenoxy) is 1. The number of hydrogen-bond donors (Lipinski definition) is 0. The number of carbonyl (C=O) groups excluding carboxylic acids is 1. The Hall–Kier alpha value is -1.57. The van der Waals surface area contributed by atoms with Crippen molar-refractivity contribution in [1.82, 2.24) is 0 Å². The maximum Gasteiger partial charge on any atom is 0.334 e. The lowest BCUT2D eigenvalue weighted by atomic mass is 9.89. The van der Waals surface area contributed by atoms with Gasteiger partial charge in [-0.3, -0.25) is 0 Å². The Bertz CT molecular complexity index is 379. The third kappa shape index (κ3) is 1.94. The zero-order chi connectivity index (χ0) is 10.7. The number of benzene rings is 1. The van der Waals surface area contributed by atoms with Crippen molar-refractivity contribution in [3.63, 3.8) is 0 Å². The van der Waals surface area contributed by atoms with Gasteiger partial charge in [0.1, 0.15) is 6.61 Å². The maximum absolute atomic E-state index is 11.5. The van der Waals surface area contributed by atoms with Gasteiger partial charge in [-0.05, 0) is 18.1 Å². The summed E-state index contributed by atoms with van der Waals surface area (Å²) >= 11 is 0. The molecule has 1 heterocycles. The van der Waals surface area contributed by atoms with E-state index in [1.165, 1.54) is 5.56 Å². The van der Waals surface area contributed by atoms with Crippen molar-refractivity contribution in [2.75, 3.05) is 6.61 Å². The molecule has 0 saturated carbocycles. The summed E-state index contributed by atoms with van der Waals surface area (Å²) in [5.74, 6) is 0.0203. The standard InChI is InChI=1S/C13H14O2/c1-2-11(10-6-4-3-5-7-10)12-8-9-15-13(12)14/h3-8,11H,2,9H2,1H3. The highest BCUT2D eigenvalue weighted by molar-refractivity contribution is 5.92. The quantitative estimate of drug-likeness (QED) is 0.704. The molecule has 0 bridgehead atoms. The fourth-order valence-electron chi connectivity index (χ4n) is 1.98. The monoisotopic (exact) mass is 202 g/mol. The van der Waals surface area contributed by atoms with E-state index >= 15 is 0 Å². The van der Waals surface area contributed by atoms with Crippen molar-refractivity contribution in [3.05, 3.63) is 47.5 Å². The molecule has 0 aliphatic carbocycles. The number of carbonyl (C=O) groups is 1. The van der Waals surface area contributed by atoms with Crippen LogP contribution in [0, 0.1) is 0 Å². The van der Waals surface area contributed by atoms with Gasteiger partial charge >= 0.3 is 5.97 Å². The van der Waals surface area contributed by atoms with E-state index in [1.807, 2.05) is 24.3 Å². The summed E-state index contributed by atoms with van der Waals surface area (Å²) in [6.45, 7) is 2.52. The predicted octanol–water partition coefficient (Wildman–Crippen LogP) is 2.66. The van der Waals surface area contributed by atoms with Gasteiger partial charge in [0.25, 0.3) is 0 Å². The highest BCUT2D eigenvalue weighted by Gasteiger charge is 2.25. The van der Waals surface area contributed by atoms with E-state index in [2.05, 4.69) is 19.1 Å². The second-order valence-electron chi connectivity index (χ2n) is 3.63. The van der Waals surface area contributed by atoms with Gasteiger partial charge in [0.2, 0.25) is 0 Å². The van der Waals surface area contributed by atoms with Gasteiger partial charge in [-0.2, -0.15) is 0 Å². The molecule has 0 N–H and O–H groups in total. The Labute approximate surface area is 89.6 Å². The predicted molar refractivity (Wildman–Crippen MR) is 58.5 cm³/mol. The molecule has 0 aromatic heterocycles. The normalized spacial score (nSPS) is 17.1. The summed E-state index contributed by atoms with van der Waals surface area (Å²) in [7, 11) is 0. The highest BCUT2D eigenvalue weighted by Crippen LogP contribution is 2.30. The molecule has 2 heteroatoms. The Morgan fingerprint density at radius 3 is 2.60 bits per heavy atom. The minimum absolute atomic E-state index is 0.161.